The van der Waals surface area contributed by atoms with Crippen molar-refractivity contribution in [2.45, 2.75) is 57.1 Å². The zero-order valence-electron chi connectivity index (χ0n) is 25.7. The summed E-state index contributed by atoms with van der Waals surface area (Å²) in [5, 5.41) is 20.7. The van der Waals surface area contributed by atoms with E-state index in [0.717, 1.165) is 50.1 Å². The van der Waals surface area contributed by atoms with E-state index in [-0.39, 0.29) is 23.6 Å². The Morgan fingerprint density at radius 3 is 2.44 bits per heavy atom. The third-order valence-corrected chi connectivity index (χ3v) is 7.90. The minimum absolute atomic E-state index is 0.208. The zero-order valence-corrected chi connectivity index (χ0v) is 25.7. The van der Waals surface area contributed by atoms with Crippen LogP contribution >= 0.6 is 0 Å². The molecule has 2 fully saturated rings. The Morgan fingerprint density at radius 1 is 1.09 bits per heavy atom. The van der Waals surface area contributed by atoms with Crippen molar-refractivity contribution in [1.29, 1.82) is 0 Å². The van der Waals surface area contributed by atoms with E-state index in [1.807, 2.05) is 18.2 Å². The van der Waals surface area contributed by atoms with Crippen LogP contribution in [0.2, 0.25) is 0 Å². The van der Waals surface area contributed by atoms with Gasteiger partial charge in [0, 0.05) is 43.0 Å². The first-order chi connectivity index (χ1) is 20.6. The summed E-state index contributed by atoms with van der Waals surface area (Å²) in [5.74, 6) is 1.04. The van der Waals surface area contributed by atoms with Gasteiger partial charge in [0.05, 0.1) is 29.8 Å². The van der Waals surface area contributed by atoms with E-state index >= 15 is 4.39 Å². The molecule has 43 heavy (non-hydrogen) atoms. The van der Waals surface area contributed by atoms with Crippen molar-refractivity contribution >= 4 is 34.6 Å². The van der Waals surface area contributed by atoms with Crippen LogP contribution in [0.5, 0.6) is 5.75 Å². The highest BCUT2D eigenvalue weighted by Crippen LogP contribution is 2.44. The Kier molecular flexibility index (Phi) is 9.03. The Balaban J connectivity index is 1.44. The van der Waals surface area contributed by atoms with Crippen molar-refractivity contribution in [2.75, 3.05) is 61.7 Å². The van der Waals surface area contributed by atoms with E-state index in [4.69, 9.17) is 4.74 Å². The molecule has 4 N–H and O–H groups in total. The van der Waals surface area contributed by atoms with Crippen LogP contribution in [0.4, 0.5) is 39.0 Å². The third-order valence-electron chi connectivity index (χ3n) is 7.90. The average Bonchev–Trinajstić information content (AvgIpc) is 3.69. The molecule has 1 saturated carbocycles. The van der Waals surface area contributed by atoms with Gasteiger partial charge in [-0.15, -0.1) is 6.58 Å². The molecule has 5 rings (SSSR count). The van der Waals surface area contributed by atoms with Gasteiger partial charge in [0.2, 0.25) is 11.9 Å². The van der Waals surface area contributed by atoms with Crippen molar-refractivity contribution in [2.24, 2.45) is 0 Å². The number of hydrogen-bond acceptors (Lipinski definition) is 10. The molecule has 1 saturated heterocycles. The van der Waals surface area contributed by atoms with Gasteiger partial charge in [-0.2, -0.15) is 4.98 Å². The van der Waals surface area contributed by atoms with E-state index in [9.17, 15) is 5.11 Å². The number of ether oxygens (including phenoxy) is 1. The van der Waals surface area contributed by atoms with Gasteiger partial charge in [-0.3, -0.25) is 0 Å². The summed E-state index contributed by atoms with van der Waals surface area (Å²) in [5.41, 5.74) is 3.12. The molecular weight excluding hydrogens is 547 g/mol. The lowest BCUT2D eigenvalue weighted by molar-refractivity contribution is 0.0792. The summed E-state index contributed by atoms with van der Waals surface area (Å²) in [7, 11) is 5.84. The summed E-state index contributed by atoms with van der Waals surface area (Å²) in [4.78, 5) is 17.8. The van der Waals surface area contributed by atoms with Crippen molar-refractivity contribution in [1.82, 2.24) is 19.9 Å². The summed E-state index contributed by atoms with van der Waals surface area (Å²) in [6.45, 7) is 9.77. The van der Waals surface area contributed by atoms with Crippen LogP contribution in [0.25, 0.3) is 0 Å². The predicted octanol–water partition coefficient (Wildman–Crippen LogP) is 5.74. The molecule has 1 aliphatic carbocycles. The topological polar surface area (TPSA) is 111 Å². The maximum absolute atomic E-state index is 15.0. The Bertz CT molecular complexity index is 1450. The van der Waals surface area contributed by atoms with E-state index < -0.39 is 5.60 Å². The molecule has 1 aromatic heterocycles. The van der Waals surface area contributed by atoms with Crippen LogP contribution in [0.15, 0.2) is 43.2 Å². The molecule has 1 atom stereocenters. The molecule has 3 aromatic rings. The second-order valence-electron chi connectivity index (χ2n) is 12.1. The van der Waals surface area contributed by atoms with Gasteiger partial charge in [0.25, 0.3) is 0 Å². The number of aromatic nitrogens is 3. The molecule has 230 valence electrons. The second kappa shape index (κ2) is 12.7. The first kappa shape index (κ1) is 30.5. The van der Waals surface area contributed by atoms with Crippen LogP contribution in [0.3, 0.4) is 0 Å². The van der Waals surface area contributed by atoms with Crippen LogP contribution in [0, 0.1) is 5.82 Å². The molecule has 0 spiro atoms. The van der Waals surface area contributed by atoms with Gasteiger partial charge in [-0.1, -0.05) is 6.08 Å². The first-order valence-corrected chi connectivity index (χ1v) is 14.8. The highest BCUT2D eigenvalue weighted by Gasteiger charge is 2.31. The van der Waals surface area contributed by atoms with E-state index in [0.29, 0.717) is 40.8 Å². The number of hydrogen-bond donors (Lipinski definition) is 4. The predicted molar refractivity (Wildman–Crippen MR) is 171 cm³/mol. The van der Waals surface area contributed by atoms with Gasteiger partial charge < -0.3 is 35.6 Å². The van der Waals surface area contributed by atoms with Crippen LogP contribution < -0.4 is 25.6 Å². The van der Waals surface area contributed by atoms with Crippen molar-refractivity contribution in [3.8, 4) is 5.75 Å². The van der Waals surface area contributed by atoms with E-state index in [2.05, 4.69) is 61.4 Å². The second-order valence-corrected chi connectivity index (χ2v) is 12.1. The number of aliphatic hydroxyl groups is 1. The maximum Gasteiger partial charge on any atom is 0.232 e. The fourth-order valence-corrected chi connectivity index (χ4v) is 5.73. The Morgan fingerprint density at radius 2 is 1.81 bits per heavy atom. The number of anilines is 6. The van der Waals surface area contributed by atoms with Gasteiger partial charge in [-0.05, 0) is 83.3 Å². The normalized spacial score (nSPS) is 16.8. The molecule has 10 nitrogen and oxygen atoms in total. The fourth-order valence-electron chi connectivity index (χ4n) is 5.73. The minimum Gasteiger partial charge on any atom is -0.494 e. The Hall–Kier alpha value is -3.96. The summed E-state index contributed by atoms with van der Waals surface area (Å²) >= 11 is 0. The lowest BCUT2D eigenvalue weighted by atomic mass is 9.93. The van der Waals surface area contributed by atoms with Crippen molar-refractivity contribution in [3.63, 3.8) is 0 Å². The smallest absolute Gasteiger partial charge is 0.232 e. The zero-order chi connectivity index (χ0) is 30.7. The number of methoxy groups -OCH3 is 1. The largest absolute Gasteiger partial charge is 0.494 e. The monoisotopic (exact) mass is 590 g/mol. The molecule has 1 aliphatic heterocycles. The molecule has 11 heteroatoms. The van der Waals surface area contributed by atoms with Gasteiger partial charge in [0.1, 0.15) is 17.9 Å². The number of likely N-dealkylation sites (N-methyl/N-ethyl adjacent to an activating group) is 1. The molecular formula is C32H43FN8O2. The number of benzene rings is 2. The average molecular weight is 591 g/mol. The molecule has 0 radical (unpaired) electrons. The summed E-state index contributed by atoms with van der Waals surface area (Å²) < 4.78 is 20.8. The first-order valence-electron chi connectivity index (χ1n) is 14.8. The van der Waals surface area contributed by atoms with E-state index in [1.165, 1.54) is 12.4 Å². The summed E-state index contributed by atoms with van der Waals surface area (Å²) in [6, 6.07) is 7.61. The lowest BCUT2D eigenvalue weighted by Gasteiger charge is -2.31. The molecule has 0 unspecified atom stereocenters. The highest BCUT2D eigenvalue weighted by molar-refractivity contribution is 5.81. The Labute approximate surface area is 253 Å². The quantitative estimate of drug-likeness (QED) is 0.184. The lowest BCUT2D eigenvalue weighted by Crippen LogP contribution is -2.38. The van der Waals surface area contributed by atoms with Gasteiger partial charge in [-0.25, -0.2) is 14.4 Å². The third kappa shape index (κ3) is 7.17. The SMILES string of the molecule is C=CCNc1cc(Nc2ncnc(Nc3cc(F)c(C4CC4)cc3C(C)(C)O)n2)c(OC)cc1N1CCC[C@@H]1CN(C)C. The minimum atomic E-state index is -1.20. The van der Waals surface area contributed by atoms with E-state index in [1.54, 1.807) is 27.0 Å². The van der Waals surface area contributed by atoms with Gasteiger partial charge >= 0.3 is 0 Å². The number of rotatable bonds is 13. The molecule has 0 amide bonds. The van der Waals surface area contributed by atoms with Crippen LogP contribution in [-0.2, 0) is 5.60 Å². The van der Waals surface area contributed by atoms with Crippen LogP contribution in [0.1, 0.15) is 56.6 Å². The number of halogens is 1. The van der Waals surface area contributed by atoms with Crippen LogP contribution in [-0.4, -0.2) is 71.8 Å². The molecule has 2 aromatic carbocycles. The molecule has 2 aliphatic rings. The van der Waals surface area contributed by atoms with Crippen molar-refractivity contribution < 1.29 is 14.2 Å². The molecule has 2 heterocycles. The standard InChI is InChI=1S/C32H43FN8O2/c1-7-12-34-26-16-27(29(43-6)17-28(26)41-13-8-9-21(41)18-40(4)5)38-31-36-19-35-30(39-31)37-25-15-24(33)22(20-10-11-20)14-23(25)32(2,3)42/h7,14-17,19-21,34,42H,1,8-13,18H2,2-6H3,(H2,35,36,37,38,39)/t21-/m1/s1. The highest BCUT2D eigenvalue weighted by atomic mass is 19.1. The summed E-state index contributed by atoms with van der Waals surface area (Å²) in [6.07, 6.45) is 7.39. The molecule has 0 bridgehead atoms. The number of nitrogens with one attached hydrogen (secondary N) is 3. The number of nitrogens with zero attached hydrogens (tertiary/aromatic N) is 5. The maximum atomic E-state index is 15.0. The van der Waals surface area contributed by atoms with Crippen molar-refractivity contribution in [3.05, 3.63) is 60.2 Å². The fraction of sp³-hybridized carbons (Fsp3) is 0.469. The van der Waals surface area contributed by atoms with Gasteiger partial charge in [0.15, 0.2) is 0 Å².